The predicted octanol–water partition coefficient (Wildman–Crippen LogP) is 25.1. The predicted molar refractivity (Wildman–Crippen MR) is 418 cm³/mol. The van der Waals surface area contributed by atoms with Crippen LogP contribution in [0.3, 0.4) is 0 Å². The second-order valence-electron chi connectivity index (χ2n) is 30.8. The maximum Gasteiger partial charge on any atom is 0.472 e. The van der Waals surface area contributed by atoms with E-state index in [0.29, 0.717) is 25.7 Å². The molecule has 0 aromatic rings. The summed E-state index contributed by atoms with van der Waals surface area (Å²) in [6.07, 6.45) is 65.4. The summed E-state index contributed by atoms with van der Waals surface area (Å²) in [6, 6.07) is 0. The van der Waals surface area contributed by atoms with E-state index in [4.69, 9.17) is 37.0 Å². The summed E-state index contributed by atoms with van der Waals surface area (Å²) in [5.74, 6) is -0.646. The first kappa shape index (κ1) is 100. The largest absolute Gasteiger partial charge is 0.472 e. The summed E-state index contributed by atoms with van der Waals surface area (Å²) in [5.41, 5.74) is 0. The topological polar surface area (TPSA) is 237 Å². The van der Waals surface area contributed by atoms with E-state index >= 15 is 0 Å². The second kappa shape index (κ2) is 74.5. The van der Waals surface area contributed by atoms with E-state index in [1.807, 2.05) is 0 Å². The molecule has 102 heavy (non-hydrogen) atoms. The van der Waals surface area contributed by atoms with Crippen LogP contribution in [0.15, 0.2) is 0 Å². The van der Waals surface area contributed by atoms with Crippen molar-refractivity contribution in [1.82, 2.24) is 0 Å². The summed E-state index contributed by atoms with van der Waals surface area (Å²) in [4.78, 5) is 73.1. The van der Waals surface area contributed by atoms with Gasteiger partial charge >= 0.3 is 39.5 Å². The van der Waals surface area contributed by atoms with Gasteiger partial charge in [-0.25, -0.2) is 9.13 Å². The first-order valence-electron chi connectivity index (χ1n) is 43.0. The lowest BCUT2D eigenvalue weighted by Gasteiger charge is -2.21. The molecule has 0 saturated heterocycles. The highest BCUT2D eigenvalue weighted by Crippen LogP contribution is 2.45. The van der Waals surface area contributed by atoms with E-state index in [9.17, 15) is 43.2 Å². The highest BCUT2D eigenvalue weighted by atomic mass is 31.2. The maximum absolute atomic E-state index is 13.1. The molecular weight excluding hydrogens is 1330 g/mol. The summed E-state index contributed by atoms with van der Waals surface area (Å²) in [7, 11) is -9.92. The van der Waals surface area contributed by atoms with Crippen molar-refractivity contribution >= 4 is 39.5 Å². The van der Waals surface area contributed by atoms with Crippen LogP contribution >= 0.6 is 15.6 Å². The van der Waals surface area contributed by atoms with E-state index in [2.05, 4.69) is 41.5 Å². The molecule has 0 fully saturated rings. The van der Waals surface area contributed by atoms with Gasteiger partial charge in [0.2, 0.25) is 0 Å². The van der Waals surface area contributed by atoms with E-state index < -0.39 is 97.5 Å². The van der Waals surface area contributed by atoms with Crippen LogP contribution in [0.1, 0.15) is 440 Å². The number of esters is 4. The number of carbonyl (C=O) groups is 4. The number of carbonyl (C=O) groups excluding carboxylic acids is 4. The fraction of sp³-hybridized carbons (Fsp3) is 0.952. The number of unbranched alkanes of at least 4 members (excludes halogenated alkanes) is 52. The van der Waals surface area contributed by atoms with Gasteiger partial charge in [-0.1, -0.05) is 388 Å². The van der Waals surface area contributed by atoms with Gasteiger partial charge in [0.25, 0.3) is 0 Å². The van der Waals surface area contributed by atoms with Crippen LogP contribution in [0.25, 0.3) is 0 Å². The van der Waals surface area contributed by atoms with Gasteiger partial charge < -0.3 is 33.8 Å². The Morgan fingerprint density at radius 3 is 0.667 bits per heavy atom. The van der Waals surface area contributed by atoms with Gasteiger partial charge in [0.05, 0.1) is 26.4 Å². The molecule has 0 bridgehead atoms. The molecule has 5 atom stereocenters. The van der Waals surface area contributed by atoms with Gasteiger partial charge in [-0.3, -0.25) is 37.3 Å². The van der Waals surface area contributed by atoms with E-state index in [1.54, 1.807) is 0 Å². The molecule has 0 rings (SSSR count). The lowest BCUT2D eigenvalue weighted by atomic mass is 10.0. The Labute approximate surface area is 626 Å². The lowest BCUT2D eigenvalue weighted by Crippen LogP contribution is -2.30. The zero-order chi connectivity index (χ0) is 74.9. The molecule has 0 saturated carbocycles. The van der Waals surface area contributed by atoms with Gasteiger partial charge in [0.15, 0.2) is 12.2 Å². The molecule has 0 aromatic carbocycles. The molecule has 0 amide bonds. The van der Waals surface area contributed by atoms with Crippen LogP contribution in [0.2, 0.25) is 0 Å². The van der Waals surface area contributed by atoms with Crippen LogP contribution in [-0.2, 0) is 65.4 Å². The quantitative estimate of drug-likeness (QED) is 0.0222. The Bertz CT molecular complexity index is 1960. The minimum atomic E-state index is -4.96. The molecular formula is C83H162O17P2. The highest BCUT2D eigenvalue weighted by molar-refractivity contribution is 7.47. The average molecular weight is 1490 g/mol. The third-order valence-electron chi connectivity index (χ3n) is 19.5. The summed E-state index contributed by atoms with van der Waals surface area (Å²) in [5, 5.41) is 10.7. The molecule has 0 aliphatic rings. The number of rotatable bonds is 82. The highest BCUT2D eigenvalue weighted by Gasteiger charge is 2.30. The lowest BCUT2D eigenvalue weighted by molar-refractivity contribution is -0.161. The number of hydrogen-bond donors (Lipinski definition) is 3. The van der Waals surface area contributed by atoms with Crippen molar-refractivity contribution < 1.29 is 80.2 Å². The van der Waals surface area contributed by atoms with Crippen molar-refractivity contribution in [3.63, 3.8) is 0 Å². The normalized spacial score (nSPS) is 13.9. The Balaban J connectivity index is 5.22. The molecule has 19 heteroatoms. The number of ether oxygens (including phenoxy) is 4. The Hall–Kier alpha value is -1.94. The molecule has 0 spiro atoms. The van der Waals surface area contributed by atoms with Gasteiger partial charge in [-0.05, 0) is 37.5 Å². The van der Waals surface area contributed by atoms with Crippen molar-refractivity contribution in [3.05, 3.63) is 0 Å². The Kier molecular flexibility index (Phi) is 73.1. The standard InChI is InChI=1S/C83H162O17P2/c1-7-9-11-13-15-17-19-21-23-25-27-29-31-33-35-37-41-49-55-61-67-82(87)99-78(71-93-80(85)65-59-53-47-40-36-34-32-30-28-26-24-22-20-18-16-14-12-10-8-2)73-97-101(89,90)95-69-77(84)70-96-102(91,92)98-74-79(72-94-81(86)66-60-54-48-44-43-46-52-58-64-76(5)6)100-83(88)68-62-56-50-42-38-39-45-51-57-63-75(3)4/h75-79,84H,7-74H2,1-6H3,(H,89,90)(H,91,92)/t77-,78-,79-/m1/s1. The Morgan fingerprint density at radius 1 is 0.265 bits per heavy atom. The van der Waals surface area contributed by atoms with E-state index in [-0.39, 0.29) is 25.7 Å². The Morgan fingerprint density at radius 2 is 0.451 bits per heavy atom. The van der Waals surface area contributed by atoms with Crippen molar-refractivity contribution in [2.24, 2.45) is 11.8 Å². The number of hydrogen-bond acceptors (Lipinski definition) is 15. The zero-order valence-electron chi connectivity index (χ0n) is 66.9. The van der Waals surface area contributed by atoms with Crippen LogP contribution in [0, 0.1) is 11.8 Å². The first-order chi connectivity index (χ1) is 49.4. The molecule has 0 aromatic heterocycles. The van der Waals surface area contributed by atoms with Gasteiger partial charge in [-0.15, -0.1) is 0 Å². The van der Waals surface area contributed by atoms with Crippen LogP contribution < -0.4 is 0 Å². The van der Waals surface area contributed by atoms with E-state index in [0.717, 1.165) is 102 Å². The molecule has 17 nitrogen and oxygen atoms in total. The maximum atomic E-state index is 13.1. The smallest absolute Gasteiger partial charge is 0.462 e. The first-order valence-corrected chi connectivity index (χ1v) is 46.0. The van der Waals surface area contributed by atoms with Crippen LogP contribution in [-0.4, -0.2) is 96.7 Å². The molecule has 3 N–H and O–H groups in total. The fourth-order valence-electron chi connectivity index (χ4n) is 12.9. The third kappa shape index (κ3) is 76.3. The number of phosphoric acid groups is 2. The average Bonchev–Trinajstić information content (AvgIpc) is 0.937. The molecule has 0 aliphatic heterocycles. The SMILES string of the molecule is CCCCCCCCCCCCCCCCCCCCCCC(=O)O[C@H](COC(=O)CCCCCCCCCCCCCCCCCCCCC)COP(=O)(O)OC[C@@H](O)COP(=O)(O)OC[C@@H](COC(=O)CCCCCCCCCCC(C)C)OC(=O)CCCCCCCCCCCC(C)C. The summed E-state index contributed by atoms with van der Waals surface area (Å²) < 4.78 is 68.8. The van der Waals surface area contributed by atoms with Crippen molar-refractivity contribution in [2.75, 3.05) is 39.6 Å². The van der Waals surface area contributed by atoms with Crippen LogP contribution in [0.5, 0.6) is 0 Å². The van der Waals surface area contributed by atoms with Gasteiger partial charge in [0.1, 0.15) is 19.3 Å². The fourth-order valence-corrected chi connectivity index (χ4v) is 14.5. The second-order valence-corrected chi connectivity index (χ2v) is 33.7. The summed E-state index contributed by atoms with van der Waals surface area (Å²) >= 11 is 0. The van der Waals surface area contributed by atoms with Crippen molar-refractivity contribution in [3.8, 4) is 0 Å². The van der Waals surface area contributed by atoms with E-state index in [1.165, 1.54) is 257 Å². The minimum Gasteiger partial charge on any atom is -0.462 e. The molecule has 606 valence electrons. The molecule has 0 radical (unpaired) electrons. The number of aliphatic hydroxyl groups is 1. The minimum absolute atomic E-state index is 0.105. The number of aliphatic hydroxyl groups excluding tert-OH is 1. The summed E-state index contributed by atoms with van der Waals surface area (Å²) in [6.45, 7) is 9.58. The van der Waals surface area contributed by atoms with Gasteiger partial charge in [0, 0.05) is 25.7 Å². The molecule has 2 unspecified atom stereocenters. The van der Waals surface area contributed by atoms with Crippen molar-refractivity contribution in [1.29, 1.82) is 0 Å². The molecule has 0 aliphatic carbocycles. The van der Waals surface area contributed by atoms with Gasteiger partial charge in [-0.2, -0.15) is 0 Å². The zero-order valence-corrected chi connectivity index (χ0v) is 68.7. The monoisotopic (exact) mass is 1490 g/mol. The number of phosphoric ester groups is 2. The molecule has 0 heterocycles. The third-order valence-corrected chi connectivity index (χ3v) is 21.4. The van der Waals surface area contributed by atoms with Crippen molar-refractivity contribution in [2.45, 2.75) is 458 Å². The van der Waals surface area contributed by atoms with Crippen LogP contribution in [0.4, 0.5) is 0 Å².